The highest BCUT2D eigenvalue weighted by molar-refractivity contribution is 5.43. The van der Waals surface area contributed by atoms with Crippen LogP contribution in [0.25, 0.3) is 0 Å². The minimum atomic E-state index is -2.88. The van der Waals surface area contributed by atoms with Gasteiger partial charge in [-0.2, -0.15) is 8.78 Å². The Bertz CT molecular complexity index is 442. The molecule has 0 saturated heterocycles. The Hall–Kier alpha value is -1.44. The first kappa shape index (κ1) is 18.6. The lowest BCUT2D eigenvalue weighted by Crippen LogP contribution is -2.34. The van der Waals surface area contributed by atoms with E-state index >= 15 is 0 Å². The molecule has 0 fully saturated rings. The Morgan fingerprint density at radius 3 is 2.27 bits per heavy atom. The second-order valence-electron chi connectivity index (χ2n) is 4.59. The van der Waals surface area contributed by atoms with Crippen molar-refractivity contribution in [1.29, 1.82) is 0 Å². The van der Waals surface area contributed by atoms with Crippen molar-refractivity contribution in [2.45, 2.75) is 26.4 Å². The van der Waals surface area contributed by atoms with Gasteiger partial charge in [0, 0.05) is 27.3 Å². The number of hydrogen-bond acceptors (Lipinski definition) is 5. The highest BCUT2D eigenvalue weighted by atomic mass is 19.3. The maximum absolute atomic E-state index is 12.3. The molecular weight excluding hydrogens is 296 g/mol. The molecule has 5 nitrogen and oxygen atoms in total. The van der Waals surface area contributed by atoms with E-state index in [0.717, 1.165) is 12.1 Å². The van der Waals surface area contributed by atoms with Gasteiger partial charge in [0.15, 0.2) is 17.8 Å². The van der Waals surface area contributed by atoms with Crippen LogP contribution in [0, 0.1) is 0 Å². The third-order valence-electron chi connectivity index (χ3n) is 3.23. The highest BCUT2D eigenvalue weighted by Crippen LogP contribution is 2.29. The van der Waals surface area contributed by atoms with Gasteiger partial charge in [0.1, 0.15) is 0 Å². The van der Waals surface area contributed by atoms with Crippen LogP contribution in [0.2, 0.25) is 0 Å². The van der Waals surface area contributed by atoms with Crippen molar-refractivity contribution in [3.63, 3.8) is 0 Å². The summed E-state index contributed by atoms with van der Waals surface area (Å²) in [6, 6.07) is 4.91. The number of alkyl halides is 2. The van der Waals surface area contributed by atoms with Crippen molar-refractivity contribution in [2.24, 2.45) is 0 Å². The minimum absolute atomic E-state index is 0.0240. The fourth-order valence-electron chi connectivity index (χ4n) is 2.02. The van der Waals surface area contributed by atoms with Crippen molar-refractivity contribution in [2.75, 3.05) is 34.4 Å². The topological polar surface area (TPSA) is 40.2 Å². The van der Waals surface area contributed by atoms with Gasteiger partial charge in [-0.1, -0.05) is 13.0 Å². The second-order valence-corrected chi connectivity index (χ2v) is 4.59. The molecule has 7 heteroatoms. The summed E-state index contributed by atoms with van der Waals surface area (Å²) in [5.41, 5.74) is 0.922. The number of methoxy groups -OCH3 is 3. The van der Waals surface area contributed by atoms with Crippen LogP contribution in [0.5, 0.6) is 11.5 Å². The van der Waals surface area contributed by atoms with Crippen LogP contribution in [-0.4, -0.2) is 52.2 Å². The van der Waals surface area contributed by atoms with Crippen molar-refractivity contribution in [1.82, 2.24) is 4.90 Å². The van der Waals surface area contributed by atoms with Crippen molar-refractivity contribution >= 4 is 0 Å². The molecule has 126 valence electrons. The molecule has 0 saturated carbocycles. The van der Waals surface area contributed by atoms with Crippen molar-refractivity contribution in [3.05, 3.63) is 23.8 Å². The number of benzene rings is 1. The molecule has 0 atom stereocenters. The van der Waals surface area contributed by atoms with Gasteiger partial charge in [-0.25, -0.2) is 0 Å². The number of ether oxygens (including phenoxy) is 4. The number of nitrogens with zero attached hydrogens (tertiary/aromatic N) is 1. The summed E-state index contributed by atoms with van der Waals surface area (Å²) < 4.78 is 44.5. The summed E-state index contributed by atoms with van der Waals surface area (Å²) in [7, 11) is 4.59. The molecule has 1 aromatic carbocycles. The fourth-order valence-corrected chi connectivity index (χ4v) is 2.02. The Labute approximate surface area is 129 Å². The van der Waals surface area contributed by atoms with E-state index in [1.165, 1.54) is 13.2 Å². The molecule has 0 aromatic heterocycles. The maximum Gasteiger partial charge on any atom is 0.387 e. The Balaban J connectivity index is 2.79. The van der Waals surface area contributed by atoms with Gasteiger partial charge in [-0.3, -0.25) is 4.90 Å². The molecule has 0 aliphatic heterocycles. The quantitative estimate of drug-likeness (QED) is 0.620. The zero-order chi connectivity index (χ0) is 16.5. The average Bonchev–Trinajstić information content (AvgIpc) is 2.52. The summed E-state index contributed by atoms with van der Waals surface area (Å²) in [5, 5.41) is 0. The zero-order valence-corrected chi connectivity index (χ0v) is 13.3. The smallest absolute Gasteiger partial charge is 0.387 e. The molecule has 1 aromatic rings. The number of hydrogen-bond donors (Lipinski definition) is 0. The molecule has 1 rings (SSSR count). The Kier molecular flexibility index (Phi) is 8.08. The van der Waals surface area contributed by atoms with Crippen LogP contribution in [0.4, 0.5) is 8.78 Å². The van der Waals surface area contributed by atoms with Crippen LogP contribution in [0.15, 0.2) is 18.2 Å². The molecular formula is C15H23F2NO4. The molecule has 0 bridgehead atoms. The van der Waals surface area contributed by atoms with Crippen molar-refractivity contribution < 1.29 is 27.7 Å². The van der Waals surface area contributed by atoms with E-state index < -0.39 is 6.61 Å². The standard InChI is InChI=1S/C15H23F2NO4/c1-5-18(10-14(20-3)21-4)9-11-6-7-12(22-15(16)17)13(8-11)19-2/h6-8,14-15H,5,9-10H2,1-4H3. The SMILES string of the molecule is CCN(Cc1ccc(OC(F)F)c(OC)c1)CC(OC)OC. The van der Waals surface area contributed by atoms with E-state index in [1.807, 2.05) is 6.92 Å². The van der Waals surface area contributed by atoms with Gasteiger partial charge >= 0.3 is 6.61 Å². The van der Waals surface area contributed by atoms with Crippen LogP contribution in [0.1, 0.15) is 12.5 Å². The molecule has 0 aliphatic rings. The van der Waals surface area contributed by atoms with Crippen LogP contribution >= 0.6 is 0 Å². The van der Waals surface area contributed by atoms with Gasteiger partial charge in [-0.05, 0) is 24.2 Å². The maximum atomic E-state index is 12.3. The van der Waals surface area contributed by atoms with Gasteiger partial charge < -0.3 is 18.9 Å². The lowest BCUT2D eigenvalue weighted by atomic mass is 10.2. The van der Waals surface area contributed by atoms with E-state index in [1.54, 1.807) is 26.4 Å². The van der Waals surface area contributed by atoms with E-state index in [2.05, 4.69) is 9.64 Å². The summed E-state index contributed by atoms with van der Waals surface area (Å²) >= 11 is 0. The summed E-state index contributed by atoms with van der Waals surface area (Å²) in [5.74, 6) is 0.305. The summed E-state index contributed by atoms with van der Waals surface area (Å²) in [4.78, 5) is 2.11. The van der Waals surface area contributed by atoms with Gasteiger partial charge in [-0.15, -0.1) is 0 Å². The van der Waals surface area contributed by atoms with E-state index in [-0.39, 0.29) is 17.8 Å². The van der Waals surface area contributed by atoms with Gasteiger partial charge in [0.2, 0.25) is 0 Å². The molecule has 0 unspecified atom stereocenters. The molecule has 0 amide bonds. The average molecular weight is 319 g/mol. The third-order valence-corrected chi connectivity index (χ3v) is 3.23. The monoisotopic (exact) mass is 319 g/mol. The van der Waals surface area contributed by atoms with Crippen LogP contribution in [0.3, 0.4) is 0 Å². The van der Waals surface area contributed by atoms with Crippen molar-refractivity contribution in [3.8, 4) is 11.5 Å². The normalized spacial score (nSPS) is 11.5. The molecule has 0 heterocycles. The second kappa shape index (κ2) is 9.55. The lowest BCUT2D eigenvalue weighted by Gasteiger charge is -2.25. The number of rotatable bonds is 10. The molecule has 22 heavy (non-hydrogen) atoms. The Morgan fingerprint density at radius 1 is 1.09 bits per heavy atom. The van der Waals surface area contributed by atoms with Crippen LogP contribution in [-0.2, 0) is 16.0 Å². The lowest BCUT2D eigenvalue weighted by molar-refractivity contribution is -0.116. The van der Waals surface area contributed by atoms with Crippen LogP contribution < -0.4 is 9.47 Å². The van der Waals surface area contributed by atoms with E-state index in [0.29, 0.717) is 13.1 Å². The predicted octanol–water partition coefficient (Wildman–Crippen LogP) is 2.74. The first-order chi connectivity index (χ1) is 10.5. The first-order valence-corrected chi connectivity index (χ1v) is 6.93. The predicted molar refractivity (Wildman–Crippen MR) is 78.4 cm³/mol. The Morgan fingerprint density at radius 2 is 1.77 bits per heavy atom. The minimum Gasteiger partial charge on any atom is -0.493 e. The van der Waals surface area contributed by atoms with E-state index in [4.69, 9.17) is 14.2 Å². The summed E-state index contributed by atoms with van der Waals surface area (Å²) in [6.07, 6.45) is -0.316. The molecule has 0 aliphatic carbocycles. The molecule has 0 N–H and O–H groups in total. The first-order valence-electron chi connectivity index (χ1n) is 6.93. The van der Waals surface area contributed by atoms with Gasteiger partial charge in [0.05, 0.1) is 7.11 Å². The number of likely N-dealkylation sites (N-methyl/N-ethyl adjacent to an activating group) is 1. The highest BCUT2D eigenvalue weighted by Gasteiger charge is 2.15. The molecule has 0 spiro atoms. The number of halogens is 2. The van der Waals surface area contributed by atoms with Gasteiger partial charge in [0.25, 0.3) is 0 Å². The van der Waals surface area contributed by atoms with E-state index in [9.17, 15) is 8.78 Å². The molecule has 0 radical (unpaired) electrons. The third kappa shape index (κ3) is 5.75. The fraction of sp³-hybridized carbons (Fsp3) is 0.600. The zero-order valence-electron chi connectivity index (χ0n) is 13.3. The largest absolute Gasteiger partial charge is 0.493 e. The summed E-state index contributed by atoms with van der Waals surface area (Å²) in [6.45, 7) is 1.15.